The summed E-state index contributed by atoms with van der Waals surface area (Å²) in [5.74, 6) is -0.519. The largest absolute Gasteiger partial charge is 0.468 e. The summed E-state index contributed by atoms with van der Waals surface area (Å²) in [7, 11) is -3.78. The van der Waals surface area contributed by atoms with E-state index in [1.807, 2.05) is 0 Å². The van der Waals surface area contributed by atoms with Gasteiger partial charge in [0, 0.05) is 5.69 Å². The lowest BCUT2D eigenvalue weighted by Gasteiger charge is -2.11. The van der Waals surface area contributed by atoms with Crippen LogP contribution in [0.4, 0.5) is 5.69 Å². The molecule has 9 heteroatoms. The van der Waals surface area contributed by atoms with Gasteiger partial charge in [0.05, 0.1) is 23.6 Å². The monoisotopic (exact) mass is 406 g/mol. The minimum Gasteiger partial charge on any atom is -0.468 e. The maximum atomic E-state index is 12.4. The van der Waals surface area contributed by atoms with Crippen LogP contribution in [0.2, 0.25) is 0 Å². The van der Waals surface area contributed by atoms with E-state index in [9.17, 15) is 18.0 Å². The summed E-state index contributed by atoms with van der Waals surface area (Å²) in [5.41, 5.74) is 0.294. The molecule has 0 aliphatic heterocycles. The predicted octanol–water partition coefficient (Wildman–Crippen LogP) is 2.43. The lowest BCUT2D eigenvalue weighted by atomic mass is 10.1. The second kappa shape index (κ2) is 9.03. The van der Waals surface area contributed by atoms with Crippen LogP contribution < -0.4 is 10.0 Å². The van der Waals surface area contributed by atoms with Crippen molar-refractivity contribution in [3.8, 4) is 0 Å². The zero-order chi connectivity index (χ0) is 20.0. The van der Waals surface area contributed by atoms with Crippen LogP contribution in [0.5, 0.6) is 0 Å². The zero-order valence-electron chi connectivity index (χ0n) is 15.2. The fourth-order valence-corrected chi connectivity index (χ4v) is 4.06. The number of carbonyl (C=O) groups excluding carboxylic acids is 2. The fraction of sp³-hybridized carbons (Fsp3) is 0.368. The third kappa shape index (κ3) is 5.43. The number of ether oxygens (including phenoxy) is 1. The number of amides is 1. The Labute approximate surface area is 163 Å². The number of hydrogen-bond donors (Lipinski definition) is 2. The first-order valence-electron chi connectivity index (χ1n) is 9.02. The van der Waals surface area contributed by atoms with Crippen LogP contribution in [0.25, 0.3) is 0 Å². The molecule has 1 fully saturated rings. The lowest BCUT2D eigenvalue weighted by molar-refractivity contribution is -0.151. The average molecular weight is 406 g/mol. The molecular formula is C19H22N2O6S. The molecule has 0 spiro atoms. The number of hydrogen-bond acceptors (Lipinski definition) is 6. The Morgan fingerprint density at radius 1 is 1.14 bits per heavy atom. The molecule has 150 valence electrons. The molecule has 1 aromatic heterocycles. The third-order valence-electron chi connectivity index (χ3n) is 4.48. The fourth-order valence-electron chi connectivity index (χ4n) is 3.02. The molecule has 0 bridgehead atoms. The Morgan fingerprint density at radius 2 is 1.93 bits per heavy atom. The quantitative estimate of drug-likeness (QED) is 0.651. The van der Waals surface area contributed by atoms with E-state index in [1.54, 1.807) is 18.2 Å². The van der Waals surface area contributed by atoms with Crippen LogP contribution in [0.1, 0.15) is 31.4 Å². The van der Waals surface area contributed by atoms with Crippen molar-refractivity contribution in [2.45, 2.75) is 37.1 Å². The molecule has 1 aliphatic rings. The highest BCUT2D eigenvalue weighted by molar-refractivity contribution is 7.89. The molecule has 8 nitrogen and oxygen atoms in total. The molecule has 2 N–H and O–H groups in total. The smallest absolute Gasteiger partial charge is 0.309 e. The number of benzene rings is 1. The first-order valence-corrected chi connectivity index (χ1v) is 10.5. The van der Waals surface area contributed by atoms with Gasteiger partial charge < -0.3 is 14.5 Å². The summed E-state index contributed by atoms with van der Waals surface area (Å²) in [4.78, 5) is 23.9. The van der Waals surface area contributed by atoms with Crippen LogP contribution in [-0.2, 0) is 30.9 Å². The van der Waals surface area contributed by atoms with Gasteiger partial charge in [-0.1, -0.05) is 18.9 Å². The van der Waals surface area contributed by atoms with Gasteiger partial charge >= 0.3 is 5.97 Å². The summed E-state index contributed by atoms with van der Waals surface area (Å²) >= 11 is 0. The molecule has 2 aromatic rings. The number of furan rings is 1. The summed E-state index contributed by atoms with van der Waals surface area (Å²) in [6.07, 6.45) is 5.05. The highest BCUT2D eigenvalue weighted by atomic mass is 32.2. The van der Waals surface area contributed by atoms with Crippen molar-refractivity contribution < 1.29 is 27.2 Å². The van der Waals surface area contributed by atoms with Crippen LogP contribution in [-0.4, -0.2) is 26.9 Å². The Morgan fingerprint density at radius 3 is 2.64 bits per heavy atom. The standard InChI is InChI=1S/C19H22N2O6S/c22-18(13-27-19(23)14-5-1-2-6-14)21-15-7-3-9-17(11-15)28(24,25)20-12-16-8-4-10-26-16/h3-4,7-11,14,20H,1-2,5-6,12-13H2,(H,21,22). The molecule has 0 atom stereocenters. The molecule has 3 rings (SSSR count). The number of rotatable bonds is 8. The zero-order valence-corrected chi connectivity index (χ0v) is 16.0. The van der Waals surface area contributed by atoms with Crippen LogP contribution >= 0.6 is 0 Å². The molecular weight excluding hydrogens is 384 g/mol. The predicted molar refractivity (Wildman–Crippen MR) is 101 cm³/mol. The molecule has 1 saturated carbocycles. The van der Waals surface area contributed by atoms with E-state index in [1.165, 1.54) is 24.5 Å². The van der Waals surface area contributed by atoms with Crippen molar-refractivity contribution in [1.29, 1.82) is 0 Å². The molecule has 1 aromatic carbocycles. The molecule has 28 heavy (non-hydrogen) atoms. The number of nitrogens with one attached hydrogen (secondary N) is 2. The van der Waals surface area contributed by atoms with E-state index in [4.69, 9.17) is 9.15 Å². The van der Waals surface area contributed by atoms with E-state index in [-0.39, 0.29) is 23.3 Å². The summed E-state index contributed by atoms with van der Waals surface area (Å²) in [6, 6.07) is 9.15. The van der Waals surface area contributed by atoms with Gasteiger partial charge in [-0.05, 0) is 43.2 Å². The van der Waals surface area contributed by atoms with E-state index >= 15 is 0 Å². The molecule has 1 amide bonds. The van der Waals surface area contributed by atoms with Crippen molar-refractivity contribution in [2.75, 3.05) is 11.9 Å². The summed E-state index contributed by atoms with van der Waals surface area (Å²) in [6.45, 7) is -0.383. The maximum absolute atomic E-state index is 12.4. The number of sulfonamides is 1. The van der Waals surface area contributed by atoms with Gasteiger partial charge in [0.15, 0.2) is 6.61 Å². The highest BCUT2D eigenvalue weighted by Gasteiger charge is 2.24. The van der Waals surface area contributed by atoms with Crippen molar-refractivity contribution in [3.05, 3.63) is 48.4 Å². The number of esters is 1. The topological polar surface area (TPSA) is 115 Å². The Kier molecular flexibility index (Phi) is 6.48. The van der Waals surface area contributed by atoms with Gasteiger partial charge in [-0.2, -0.15) is 0 Å². The van der Waals surface area contributed by atoms with Crippen LogP contribution in [0.15, 0.2) is 52.0 Å². The molecule has 1 heterocycles. The highest BCUT2D eigenvalue weighted by Crippen LogP contribution is 2.25. The first-order chi connectivity index (χ1) is 13.4. The van der Waals surface area contributed by atoms with Gasteiger partial charge in [0.2, 0.25) is 10.0 Å². The second-order valence-corrected chi connectivity index (χ2v) is 8.34. The Hall–Kier alpha value is -2.65. The Balaban J connectivity index is 1.54. The summed E-state index contributed by atoms with van der Waals surface area (Å²) in [5, 5.41) is 2.54. The molecule has 1 aliphatic carbocycles. The van der Waals surface area contributed by atoms with Crippen molar-refractivity contribution in [1.82, 2.24) is 4.72 Å². The van der Waals surface area contributed by atoms with Crippen LogP contribution in [0, 0.1) is 5.92 Å². The van der Waals surface area contributed by atoms with Gasteiger partial charge in [0.25, 0.3) is 5.91 Å². The number of carbonyl (C=O) groups is 2. The van der Waals surface area contributed by atoms with Gasteiger partial charge in [-0.25, -0.2) is 13.1 Å². The minimum atomic E-state index is -3.78. The minimum absolute atomic E-state index is 0.000179. The second-order valence-electron chi connectivity index (χ2n) is 6.57. The summed E-state index contributed by atoms with van der Waals surface area (Å²) < 4.78 is 37.4. The van der Waals surface area contributed by atoms with E-state index in [0.717, 1.165) is 25.7 Å². The molecule has 0 saturated heterocycles. The average Bonchev–Trinajstić information content (AvgIpc) is 3.38. The van der Waals surface area contributed by atoms with E-state index in [2.05, 4.69) is 10.0 Å². The normalized spacial score (nSPS) is 14.7. The van der Waals surface area contributed by atoms with Crippen molar-refractivity contribution >= 4 is 27.6 Å². The van der Waals surface area contributed by atoms with Crippen molar-refractivity contribution in [3.63, 3.8) is 0 Å². The van der Waals surface area contributed by atoms with Gasteiger partial charge in [0.1, 0.15) is 5.76 Å². The lowest BCUT2D eigenvalue weighted by Crippen LogP contribution is -2.25. The third-order valence-corrected chi connectivity index (χ3v) is 5.88. The first kappa shape index (κ1) is 20.1. The SMILES string of the molecule is O=C(COC(=O)C1CCCC1)Nc1cccc(S(=O)(=O)NCc2ccco2)c1. The van der Waals surface area contributed by atoms with Gasteiger partial charge in [-0.15, -0.1) is 0 Å². The maximum Gasteiger partial charge on any atom is 0.309 e. The molecule has 0 radical (unpaired) electrons. The molecule has 0 unspecified atom stereocenters. The number of anilines is 1. The van der Waals surface area contributed by atoms with Crippen LogP contribution in [0.3, 0.4) is 0 Å². The van der Waals surface area contributed by atoms with Gasteiger partial charge in [-0.3, -0.25) is 9.59 Å². The Bertz CT molecular complexity index is 918. The van der Waals surface area contributed by atoms with Crippen molar-refractivity contribution in [2.24, 2.45) is 5.92 Å². The van der Waals surface area contributed by atoms with E-state index in [0.29, 0.717) is 11.4 Å². The van der Waals surface area contributed by atoms with E-state index < -0.39 is 22.5 Å².